The van der Waals surface area contributed by atoms with Crippen LogP contribution in [0.25, 0.3) is 16.7 Å². The molecular formula is C21H20N6O3. The summed E-state index contributed by atoms with van der Waals surface area (Å²) < 4.78 is 12.2. The van der Waals surface area contributed by atoms with E-state index >= 15 is 0 Å². The molecule has 0 fully saturated rings. The van der Waals surface area contributed by atoms with E-state index < -0.39 is 0 Å². The van der Waals surface area contributed by atoms with E-state index in [1.807, 2.05) is 31.2 Å². The molecule has 2 aromatic heterocycles. The average molecular weight is 404 g/mol. The van der Waals surface area contributed by atoms with Crippen molar-refractivity contribution in [2.24, 2.45) is 0 Å². The first-order valence-electron chi connectivity index (χ1n) is 9.15. The Morgan fingerprint density at radius 3 is 2.50 bits per heavy atom. The fourth-order valence-corrected chi connectivity index (χ4v) is 2.98. The number of aromatic nitrogens is 4. The fourth-order valence-electron chi connectivity index (χ4n) is 2.98. The highest BCUT2D eigenvalue weighted by Gasteiger charge is 2.14. The van der Waals surface area contributed by atoms with Crippen LogP contribution < -0.4 is 20.3 Å². The number of ether oxygens (including phenoxy) is 2. The lowest BCUT2D eigenvalue weighted by Gasteiger charge is -2.11. The number of anilines is 1. The van der Waals surface area contributed by atoms with Crippen molar-refractivity contribution in [3.05, 3.63) is 66.1 Å². The van der Waals surface area contributed by atoms with Crippen molar-refractivity contribution in [1.82, 2.24) is 25.2 Å². The highest BCUT2D eigenvalue weighted by molar-refractivity contribution is 5.96. The SMILES string of the molecule is COc1ccc(C(=O)NNc2ncnc3c2cnn3-c2ccc(C)cc2)cc1OC. The Hall–Kier alpha value is -4.14. The second kappa shape index (κ2) is 8.08. The molecule has 2 heterocycles. The van der Waals surface area contributed by atoms with E-state index in [-0.39, 0.29) is 5.91 Å². The molecule has 0 aliphatic heterocycles. The van der Waals surface area contributed by atoms with Crippen LogP contribution in [0.4, 0.5) is 5.82 Å². The van der Waals surface area contributed by atoms with Crippen molar-refractivity contribution in [3.63, 3.8) is 0 Å². The predicted molar refractivity (Wildman–Crippen MR) is 112 cm³/mol. The molecule has 9 heteroatoms. The zero-order valence-electron chi connectivity index (χ0n) is 16.7. The molecule has 2 N–H and O–H groups in total. The van der Waals surface area contributed by atoms with Gasteiger partial charge in [-0.1, -0.05) is 17.7 Å². The van der Waals surface area contributed by atoms with Gasteiger partial charge in [-0.25, -0.2) is 14.6 Å². The first kappa shape index (κ1) is 19.2. The molecule has 9 nitrogen and oxygen atoms in total. The molecule has 0 aliphatic rings. The van der Waals surface area contributed by atoms with Crippen molar-refractivity contribution in [2.45, 2.75) is 6.92 Å². The third-order valence-electron chi connectivity index (χ3n) is 4.58. The fraction of sp³-hybridized carbons (Fsp3) is 0.143. The molecule has 1 amide bonds. The van der Waals surface area contributed by atoms with Crippen LogP contribution in [0.5, 0.6) is 11.5 Å². The molecule has 0 saturated heterocycles. The molecule has 0 atom stereocenters. The highest BCUT2D eigenvalue weighted by Crippen LogP contribution is 2.27. The number of amides is 1. The summed E-state index contributed by atoms with van der Waals surface area (Å²) in [4.78, 5) is 21.1. The number of hydrogen-bond acceptors (Lipinski definition) is 7. The van der Waals surface area contributed by atoms with Crippen LogP contribution in [0.2, 0.25) is 0 Å². The summed E-state index contributed by atoms with van der Waals surface area (Å²) in [5.74, 6) is 1.10. The van der Waals surface area contributed by atoms with Crippen LogP contribution in [0, 0.1) is 6.92 Å². The van der Waals surface area contributed by atoms with E-state index in [1.54, 1.807) is 29.1 Å². The van der Waals surface area contributed by atoms with Crippen molar-refractivity contribution >= 4 is 22.8 Å². The molecule has 152 valence electrons. The molecular weight excluding hydrogens is 384 g/mol. The molecule has 4 rings (SSSR count). The maximum Gasteiger partial charge on any atom is 0.269 e. The Balaban J connectivity index is 1.56. The normalized spacial score (nSPS) is 10.6. The number of nitrogens with zero attached hydrogens (tertiary/aromatic N) is 4. The number of benzene rings is 2. The van der Waals surface area contributed by atoms with E-state index in [2.05, 4.69) is 25.9 Å². The van der Waals surface area contributed by atoms with Gasteiger partial charge in [0.1, 0.15) is 6.33 Å². The standard InChI is InChI=1S/C21H20N6O3/c1-13-4-7-15(8-5-13)27-20-16(11-24-27)19(22-12-23-20)25-26-21(28)14-6-9-17(29-2)18(10-14)30-3/h4-12H,1-3H3,(H,26,28)(H,22,23,25). The Morgan fingerprint density at radius 1 is 1.00 bits per heavy atom. The summed E-state index contributed by atoms with van der Waals surface area (Å²) in [6.45, 7) is 2.02. The number of carbonyl (C=O) groups is 1. The summed E-state index contributed by atoms with van der Waals surface area (Å²) in [5, 5.41) is 5.09. The lowest BCUT2D eigenvalue weighted by Crippen LogP contribution is -2.30. The number of nitrogens with one attached hydrogen (secondary N) is 2. The second-order valence-corrected chi connectivity index (χ2v) is 6.50. The smallest absolute Gasteiger partial charge is 0.269 e. The Labute approximate surface area is 172 Å². The average Bonchev–Trinajstić information content (AvgIpc) is 3.22. The number of rotatable bonds is 6. The highest BCUT2D eigenvalue weighted by atomic mass is 16.5. The minimum absolute atomic E-state index is 0.353. The quantitative estimate of drug-likeness (QED) is 0.476. The van der Waals surface area contributed by atoms with Crippen molar-refractivity contribution in [1.29, 1.82) is 0 Å². The van der Waals surface area contributed by atoms with Crippen molar-refractivity contribution in [3.8, 4) is 17.2 Å². The summed E-state index contributed by atoms with van der Waals surface area (Å²) in [7, 11) is 3.05. The van der Waals surface area contributed by atoms with Crippen LogP contribution in [0.3, 0.4) is 0 Å². The van der Waals surface area contributed by atoms with E-state index in [9.17, 15) is 4.79 Å². The van der Waals surface area contributed by atoms with Crippen LogP contribution in [0.1, 0.15) is 15.9 Å². The van der Waals surface area contributed by atoms with Gasteiger partial charge in [0.2, 0.25) is 0 Å². The van der Waals surface area contributed by atoms with E-state index in [0.29, 0.717) is 33.9 Å². The summed E-state index contributed by atoms with van der Waals surface area (Å²) in [5.41, 5.74) is 8.56. The summed E-state index contributed by atoms with van der Waals surface area (Å²) >= 11 is 0. The predicted octanol–water partition coefficient (Wildman–Crippen LogP) is 2.90. The Kier molecular flexibility index (Phi) is 5.17. The molecule has 0 bridgehead atoms. The van der Waals surface area contributed by atoms with Crippen LogP contribution in [-0.2, 0) is 0 Å². The van der Waals surface area contributed by atoms with Crippen LogP contribution >= 0.6 is 0 Å². The third-order valence-corrected chi connectivity index (χ3v) is 4.58. The van der Waals surface area contributed by atoms with Gasteiger partial charge in [0.25, 0.3) is 5.91 Å². The number of methoxy groups -OCH3 is 2. The zero-order chi connectivity index (χ0) is 21.1. The van der Waals surface area contributed by atoms with E-state index in [1.165, 1.54) is 20.5 Å². The molecule has 0 saturated carbocycles. The van der Waals surface area contributed by atoms with Gasteiger partial charge in [-0.15, -0.1) is 0 Å². The van der Waals surface area contributed by atoms with Crippen molar-refractivity contribution in [2.75, 3.05) is 19.6 Å². The van der Waals surface area contributed by atoms with Gasteiger partial charge in [-0.2, -0.15) is 5.10 Å². The molecule has 4 aromatic rings. The molecule has 0 aliphatic carbocycles. The Bertz CT molecular complexity index is 1200. The monoisotopic (exact) mass is 404 g/mol. The maximum absolute atomic E-state index is 12.5. The van der Waals surface area contributed by atoms with Gasteiger partial charge in [0.15, 0.2) is 23.0 Å². The van der Waals surface area contributed by atoms with Crippen LogP contribution in [-0.4, -0.2) is 39.9 Å². The number of fused-ring (bicyclic) bond motifs is 1. The maximum atomic E-state index is 12.5. The minimum atomic E-state index is -0.353. The largest absolute Gasteiger partial charge is 0.493 e. The first-order valence-corrected chi connectivity index (χ1v) is 9.15. The number of hydrazine groups is 1. The van der Waals surface area contributed by atoms with Crippen LogP contribution in [0.15, 0.2) is 55.0 Å². The summed E-state index contributed by atoms with van der Waals surface area (Å²) in [6, 6.07) is 12.9. The van der Waals surface area contributed by atoms with Gasteiger partial charge >= 0.3 is 0 Å². The summed E-state index contributed by atoms with van der Waals surface area (Å²) in [6.07, 6.45) is 3.07. The van der Waals surface area contributed by atoms with Gasteiger partial charge < -0.3 is 9.47 Å². The van der Waals surface area contributed by atoms with Crippen molar-refractivity contribution < 1.29 is 14.3 Å². The lowest BCUT2D eigenvalue weighted by molar-refractivity contribution is 0.0962. The topological polar surface area (TPSA) is 103 Å². The third kappa shape index (κ3) is 3.60. The number of carbonyl (C=O) groups excluding carboxylic acids is 1. The minimum Gasteiger partial charge on any atom is -0.493 e. The van der Waals surface area contributed by atoms with Gasteiger partial charge in [-0.3, -0.25) is 15.6 Å². The van der Waals surface area contributed by atoms with E-state index in [0.717, 1.165) is 11.3 Å². The zero-order valence-corrected chi connectivity index (χ0v) is 16.7. The van der Waals surface area contributed by atoms with Gasteiger partial charge in [0.05, 0.1) is 31.5 Å². The molecule has 0 spiro atoms. The molecule has 2 aromatic carbocycles. The molecule has 30 heavy (non-hydrogen) atoms. The molecule has 0 unspecified atom stereocenters. The van der Waals surface area contributed by atoms with Gasteiger partial charge in [0, 0.05) is 5.56 Å². The van der Waals surface area contributed by atoms with E-state index in [4.69, 9.17) is 9.47 Å². The Morgan fingerprint density at radius 2 is 1.77 bits per heavy atom. The lowest BCUT2D eigenvalue weighted by atomic mass is 10.2. The number of aryl methyl sites for hydroxylation is 1. The number of hydrogen-bond donors (Lipinski definition) is 2. The molecule has 0 radical (unpaired) electrons. The first-order chi connectivity index (χ1) is 14.6. The van der Waals surface area contributed by atoms with Gasteiger partial charge in [-0.05, 0) is 37.3 Å². The second-order valence-electron chi connectivity index (χ2n) is 6.50.